The number of rotatable bonds is 5. The van der Waals surface area contributed by atoms with Gasteiger partial charge in [0.25, 0.3) is 0 Å². The van der Waals surface area contributed by atoms with E-state index in [1.807, 2.05) is 6.92 Å². The van der Waals surface area contributed by atoms with Crippen LogP contribution in [-0.4, -0.2) is 25.7 Å². The third kappa shape index (κ3) is 3.47. The van der Waals surface area contributed by atoms with Crippen molar-refractivity contribution in [3.8, 4) is 0 Å². The van der Waals surface area contributed by atoms with Gasteiger partial charge in [0.05, 0.1) is 13.2 Å². The Balaban J connectivity index is 1.88. The average Bonchev–Trinajstić information content (AvgIpc) is 2.82. The van der Waals surface area contributed by atoms with Crippen LogP contribution >= 0.6 is 0 Å². The largest absolute Gasteiger partial charge is 0.380 e. The van der Waals surface area contributed by atoms with Crippen LogP contribution < -0.4 is 11.1 Å². The number of nitrogens with two attached hydrogens (primary N) is 1. The lowest BCUT2D eigenvalue weighted by Gasteiger charge is -2.08. The number of guanidine groups is 1. The van der Waals surface area contributed by atoms with Crippen LogP contribution in [0.2, 0.25) is 0 Å². The van der Waals surface area contributed by atoms with Crippen molar-refractivity contribution in [2.45, 2.75) is 26.2 Å². The van der Waals surface area contributed by atoms with Crippen LogP contribution in [-0.2, 0) is 17.6 Å². The molecule has 0 heterocycles. The number of fused-ring (bicyclic) bond motifs is 1. The second-order valence-corrected chi connectivity index (χ2v) is 4.43. The lowest BCUT2D eigenvalue weighted by molar-refractivity contribution is 0.156. The molecule has 0 fully saturated rings. The monoisotopic (exact) mass is 247 g/mol. The number of anilines is 1. The molecule has 0 atom stereocenters. The molecule has 98 valence electrons. The molecular formula is C14H21N3O. The molecule has 2 rings (SSSR count). The Morgan fingerprint density at radius 1 is 1.39 bits per heavy atom. The maximum Gasteiger partial charge on any atom is 0.193 e. The first kappa shape index (κ1) is 12.9. The van der Waals surface area contributed by atoms with E-state index in [2.05, 4.69) is 28.5 Å². The predicted molar refractivity (Wildman–Crippen MR) is 75.1 cm³/mol. The SMILES string of the molecule is CCOCCN=C(N)Nc1ccc2c(c1)CCC2. The van der Waals surface area contributed by atoms with Gasteiger partial charge in [-0.2, -0.15) is 0 Å². The van der Waals surface area contributed by atoms with E-state index < -0.39 is 0 Å². The summed E-state index contributed by atoms with van der Waals surface area (Å²) in [5.74, 6) is 0.452. The standard InChI is InChI=1S/C14H21N3O/c1-2-18-9-8-16-14(15)17-13-7-6-11-4-3-5-12(11)10-13/h6-7,10H,2-5,8-9H2,1H3,(H3,15,16,17). The molecule has 1 aromatic carbocycles. The van der Waals surface area contributed by atoms with Gasteiger partial charge in [-0.3, -0.25) is 4.99 Å². The van der Waals surface area contributed by atoms with Crippen molar-refractivity contribution in [1.82, 2.24) is 0 Å². The van der Waals surface area contributed by atoms with E-state index in [1.165, 1.54) is 30.4 Å². The van der Waals surface area contributed by atoms with Gasteiger partial charge in [0.1, 0.15) is 0 Å². The van der Waals surface area contributed by atoms with Gasteiger partial charge in [-0.15, -0.1) is 0 Å². The minimum atomic E-state index is 0.452. The zero-order valence-electron chi connectivity index (χ0n) is 10.9. The van der Waals surface area contributed by atoms with Gasteiger partial charge in [-0.25, -0.2) is 0 Å². The van der Waals surface area contributed by atoms with E-state index >= 15 is 0 Å². The molecule has 0 amide bonds. The minimum Gasteiger partial charge on any atom is -0.380 e. The molecule has 1 aromatic rings. The van der Waals surface area contributed by atoms with Gasteiger partial charge >= 0.3 is 0 Å². The summed E-state index contributed by atoms with van der Waals surface area (Å²) in [6, 6.07) is 6.42. The Morgan fingerprint density at radius 2 is 2.22 bits per heavy atom. The first-order valence-corrected chi connectivity index (χ1v) is 6.56. The molecule has 0 radical (unpaired) electrons. The highest BCUT2D eigenvalue weighted by molar-refractivity contribution is 5.92. The zero-order chi connectivity index (χ0) is 12.8. The quantitative estimate of drug-likeness (QED) is 0.475. The summed E-state index contributed by atoms with van der Waals surface area (Å²) >= 11 is 0. The van der Waals surface area contributed by atoms with E-state index in [4.69, 9.17) is 10.5 Å². The molecule has 0 bridgehead atoms. The lowest BCUT2D eigenvalue weighted by atomic mass is 10.1. The molecule has 0 spiro atoms. The molecule has 1 aliphatic rings. The molecule has 3 N–H and O–H groups in total. The van der Waals surface area contributed by atoms with Crippen molar-refractivity contribution in [2.24, 2.45) is 10.7 Å². The molecule has 0 aromatic heterocycles. The van der Waals surface area contributed by atoms with Crippen LogP contribution in [0.25, 0.3) is 0 Å². The topological polar surface area (TPSA) is 59.6 Å². The minimum absolute atomic E-state index is 0.452. The Kier molecular flexibility index (Phi) is 4.59. The number of ether oxygens (including phenoxy) is 1. The zero-order valence-corrected chi connectivity index (χ0v) is 10.9. The highest BCUT2D eigenvalue weighted by atomic mass is 16.5. The molecule has 0 saturated heterocycles. The van der Waals surface area contributed by atoms with E-state index in [0.717, 1.165) is 5.69 Å². The summed E-state index contributed by atoms with van der Waals surface area (Å²) in [4.78, 5) is 4.21. The fraction of sp³-hybridized carbons (Fsp3) is 0.500. The Morgan fingerprint density at radius 3 is 3.06 bits per heavy atom. The third-order valence-electron chi connectivity index (χ3n) is 3.09. The average molecular weight is 247 g/mol. The van der Waals surface area contributed by atoms with Crippen molar-refractivity contribution in [2.75, 3.05) is 25.1 Å². The molecule has 18 heavy (non-hydrogen) atoms. The van der Waals surface area contributed by atoms with E-state index in [-0.39, 0.29) is 0 Å². The number of benzene rings is 1. The molecule has 0 saturated carbocycles. The van der Waals surface area contributed by atoms with E-state index in [9.17, 15) is 0 Å². The molecule has 4 heteroatoms. The van der Waals surface area contributed by atoms with Crippen molar-refractivity contribution in [1.29, 1.82) is 0 Å². The molecule has 4 nitrogen and oxygen atoms in total. The van der Waals surface area contributed by atoms with Crippen molar-refractivity contribution >= 4 is 11.6 Å². The number of hydrogen-bond acceptors (Lipinski definition) is 2. The number of aryl methyl sites for hydroxylation is 2. The molecule has 0 unspecified atom stereocenters. The Hall–Kier alpha value is -1.55. The maximum atomic E-state index is 5.82. The van der Waals surface area contributed by atoms with Gasteiger partial charge < -0.3 is 15.8 Å². The van der Waals surface area contributed by atoms with Crippen LogP contribution in [0.15, 0.2) is 23.2 Å². The Bertz CT molecular complexity index is 429. The third-order valence-corrected chi connectivity index (χ3v) is 3.09. The van der Waals surface area contributed by atoms with Crippen molar-refractivity contribution in [3.63, 3.8) is 0 Å². The van der Waals surface area contributed by atoms with Crippen LogP contribution in [0.4, 0.5) is 5.69 Å². The van der Waals surface area contributed by atoms with E-state index in [1.54, 1.807) is 0 Å². The predicted octanol–water partition coefficient (Wildman–Crippen LogP) is 1.94. The summed E-state index contributed by atoms with van der Waals surface area (Å²) in [6.07, 6.45) is 3.64. The second-order valence-electron chi connectivity index (χ2n) is 4.43. The summed E-state index contributed by atoms with van der Waals surface area (Å²) < 4.78 is 5.20. The van der Waals surface area contributed by atoms with Gasteiger partial charge in [-0.1, -0.05) is 6.07 Å². The van der Waals surface area contributed by atoms with Gasteiger partial charge in [0.2, 0.25) is 0 Å². The van der Waals surface area contributed by atoms with E-state index in [0.29, 0.717) is 25.7 Å². The van der Waals surface area contributed by atoms with Crippen LogP contribution in [0.5, 0.6) is 0 Å². The summed E-state index contributed by atoms with van der Waals surface area (Å²) in [7, 11) is 0. The van der Waals surface area contributed by atoms with Crippen LogP contribution in [0.1, 0.15) is 24.5 Å². The summed E-state index contributed by atoms with van der Waals surface area (Å²) in [5.41, 5.74) is 9.74. The maximum absolute atomic E-state index is 5.82. The van der Waals surface area contributed by atoms with Crippen molar-refractivity contribution in [3.05, 3.63) is 29.3 Å². The van der Waals surface area contributed by atoms with Crippen molar-refractivity contribution < 1.29 is 4.74 Å². The van der Waals surface area contributed by atoms with Gasteiger partial charge in [0, 0.05) is 12.3 Å². The normalized spacial score (nSPS) is 14.6. The highest BCUT2D eigenvalue weighted by Crippen LogP contribution is 2.24. The number of aliphatic imine (C=N–C) groups is 1. The van der Waals surface area contributed by atoms with Gasteiger partial charge in [-0.05, 0) is 49.4 Å². The summed E-state index contributed by atoms with van der Waals surface area (Å²) in [5, 5.41) is 3.12. The Labute approximate surface area is 108 Å². The first-order chi connectivity index (χ1) is 8.79. The van der Waals surface area contributed by atoms with Crippen LogP contribution in [0, 0.1) is 0 Å². The molecular weight excluding hydrogens is 226 g/mol. The highest BCUT2D eigenvalue weighted by Gasteiger charge is 2.10. The number of nitrogens with zero attached hydrogens (tertiary/aromatic N) is 1. The second kappa shape index (κ2) is 6.40. The number of nitrogens with one attached hydrogen (secondary N) is 1. The first-order valence-electron chi connectivity index (χ1n) is 6.56. The molecule has 1 aliphatic carbocycles. The summed E-state index contributed by atoms with van der Waals surface area (Å²) in [6.45, 7) is 3.89. The lowest BCUT2D eigenvalue weighted by Crippen LogP contribution is -2.23. The molecule has 0 aliphatic heterocycles. The smallest absolute Gasteiger partial charge is 0.193 e. The fourth-order valence-electron chi connectivity index (χ4n) is 2.21. The van der Waals surface area contributed by atoms with Gasteiger partial charge in [0.15, 0.2) is 5.96 Å². The fourth-order valence-corrected chi connectivity index (χ4v) is 2.21. The number of hydrogen-bond donors (Lipinski definition) is 2. The van der Waals surface area contributed by atoms with Crippen LogP contribution in [0.3, 0.4) is 0 Å².